The summed E-state index contributed by atoms with van der Waals surface area (Å²) < 4.78 is 39.7. The summed E-state index contributed by atoms with van der Waals surface area (Å²) in [7, 11) is -4.77. The van der Waals surface area contributed by atoms with Crippen molar-refractivity contribution < 1.29 is 52.2 Å². The number of hydrogen-bond acceptors (Lipinski definition) is 10. The van der Waals surface area contributed by atoms with Crippen molar-refractivity contribution in [2.45, 2.75) is 290 Å². The lowest BCUT2D eigenvalue weighted by Gasteiger charge is -2.21. The van der Waals surface area contributed by atoms with Gasteiger partial charge in [-0.05, 0) is 122 Å². The molecular weight excluding hydrogens is 1050 g/mol. The second-order valence-corrected chi connectivity index (χ2v) is 23.0. The van der Waals surface area contributed by atoms with Crippen molar-refractivity contribution in [2.75, 3.05) is 26.4 Å². The SMILES string of the molecule is CC/C=C\C/C=C\C/C=C\C/C=C\CCCCCCCCC(=O)OC(CO)COP(=O)(O)OCC(COC(=O)CCCCCCCCC/C=C\CCCCCCCC)OC(=O)CCCCCCCC/C=C\C/C=C\C/C=C\C/C=C\CC. The Hall–Kier alpha value is -3.86. The molecule has 3 unspecified atom stereocenters. The third-order valence-electron chi connectivity index (χ3n) is 13.7. The Kier molecular flexibility index (Phi) is 60.2. The van der Waals surface area contributed by atoms with E-state index in [1.807, 2.05) is 0 Å². The first-order chi connectivity index (χ1) is 40.2. The average Bonchev–Trinajstić information content (AvgIpc) is 3.47. The molecule has 0 aromatic carbocycles. The molecule has 0 heterocycles. The first kappa shape index (κ1) is 78.1. The molecule has 12 heteroatoms. The number of phosphoric acid groups is 1. The highest BCUT2D eigenvalue weighted by Gasteiger charge is 2.28. The number of esters is 3. The summed E-state index contributed by atoms with van der Waals surface area (Å²) in [5.74, 6) is -1.50. The van der Waals surface area contributed by atoms with E-state index < -0.39 is 57.8 Å². The molecule has 0 aliphatic rings. The van der Waals surface area contributed by atoms with Gasteiger partial charge in [-0.1, -0.05) is 246 Å². The lowest BCUT2D eigenvalue weighted by Crippen LogP contribution is -2.30. The third kappa shape index (κ3) is 60.7. The molecule has 0 bridgehead atoms. The van der Waals surface area contributed by atoms with Crippen LogP contribution in [-0.4, -0.2) is 66.5 Å². The fourth-order valence-electron chi connectivity index (χ4n) is 8.75. The quantitative estimate of drug-likeness (QED) is 0.0197. The Morgan fingerprint density at radius 1 is 0.354 bits per heavy atom. The summed E-state index contributed by atoms with van der Waals surface area (Å²) in [4.78, 5) is 48.8. The van der Waals surface area contributed by atoms with Crippen molar-refractivity contribution in [3.05, 3.63) is 109 Å². The third-order valence-corrected chi connectivity index (χ3v) is 14.6. The highest BCUT2D eigenvalue weighted by Crippen LogP contribution is 2.43. The summed E-state index contributed by atoms with van der Waals surface area (Å²) in [5.41, 5.74) is 0. The number of unbranched alkanes of at least 4 members (excludes halogenated alkanes) is 25. The van der Waals surface area contributed by atoms with Gasteiger partial charge in [0.15, 0.2) is 6.10 Å². The monoisotopic (exact) mass is 1170 g/mol. The molecule has 3 atom stereocenters. The van der Waals surface area contributed by atoms with Gasteiger partial charge >= 0.3 is 25.7 Å². The largest absolute Gasteiger partial charge is 0.472 e. The van der Waals surface area contributed by atoms with Crippen LogP contribution in [0.2, 0.25) is 0 Å². The number of rotatable bonds is 60. The average molecular weight is 1170 g/mol. The Morgan fingerprint density at radius 3 is 0.988 bits per heavy atom. The lowest BCUT2D eigenvalue weighted by atomic mass is 10.1. The number of hydrogen-bond donors (Lipinski definition) is 2. The second-order valence-electron chi connectivity index (χ2n) is 21.5. The van der Waals surface area contributed by atoms with Gasteiger partial charge < -0.3 is 24.2 Å². The number of carbonyl (C=O) groups excluding carboxylic acids is 3. The number of allylic oxidation sites excluding steroid dienone is 18. The number of aliphatic hydroxyl groups is 1. The fraction of sp³-hybridized carbons (Fsp3) is 0.700. The number of carbonyl (C=O) groups is 3. The van der Waals surface area contributed by atoms with Crippen LogP contribution >= 0.6 is 7.82 Å². The zero-order valence-corrected chi connectivity index (χ0v) is 53.1. The van der Waals surface area contributed by atoms with Gasteiger partial charge in [-0.25, -0.2) is 4.57 Å². The molecule has 0 aromatic rings. The van der Waals surface area contributed by atoms with Crippen LogP contribution in [0.5, 0.6) is 0 Å². The smallest absolute Gasteiger partial charge is 0.462 e. The van der Waals surface area contributed by atoms with E-state index in [1.165, 1.54) is 64.2 Å². The number of phosphoric ester groups is 1. The van der Waals surface area contributed by atoms with Crippen molar-refractivity contribution in [2.24, 2.45) is 0 Å². The zero-order chi connectivity index (χ0) is 59.8. The maximum Gasteiger partial charge on any atom is 0.472 e. The van der Waals surface area contributed by atoms with E-state index in [-0.39, 0.29) is 25.9 Å². The lowest BCUT2D eigenvalue weighted by molar-refractivity contribution is -0.161. The maximum atomic E-state index is 13.0. The Morgan fingerprint density at radius 2 is 0.634 bits per heavy atom. The van der Waals surface area contributed by atoms with Gasteiger partial charge in [0.25, 0.3) is 0 Å². The van der Waals surface area contributed by atoms with Crippen LogP contribution < -0.4 is 0 Å². The van der Waals surface area contributed by atoms with Gasteiger partial charge in [-0.2, -0.15) is 0 Å². The van der Waals surface area contributed by atoms with Gasteiger partial charge in [-0.3, -0.25) is 23.4 Å². The van der Waals surface area contributed by atoms with Crippen LogP contribution in [-0.2, 0) is 42.2 Å². The molecule has 11 nitrogen and oxygen atoms in total. The predicted octanol–water partition coefficient (Wildman–Crippen LogP) is 20.1. The van der Waals surface area contributed by atoms with E-state index in [0.717, 1.165) is 154 Å². The van der Waals surface area contributed by atoms with E-state index in [1.54, 1.807) is 0 Å². The van der Waals surface area contributed by atoms with E-state index >= 15 is 0 Å². The molecule has 470 valence electrons. The van der Waals surface area contributed by atoms with Gasteiger partial charge in [0, 0.05) is 19.3 Å². The minimum atomic E-state index is -4.77. The molecule has 2 N–H and O–H groups in total. The topological polar surface area (TPSA) is 155 Å². The van der Waals surface area contributed by atoms with Gasteiger partial charge in [-0.15, -0.1) is 0 Å². The fourth-order valence-corrected chi connectivity index (χ4v) is 9.53. The first-order valence-electron chi connectivity index (χ1n) is 32.8. The van der Waals surface area contributed by atoms with E-state index in [9.17, 15) is 28.9 Å². The van der Waals surface area contributed by atoms with Gasteiger partial charge in [0.2, 0.25) is 0 Å². The van der Waals surface area contributed by atoms with Gasteiger partial charge in [0.1, 0.15) is 12.7 Å². The molecule has 0 fully saturated rings. The van der Waals surface area contributed by atoms with E-state index in [0.29, 0.717) is 19.3 Å². The molecule has 0 aliphatic carbocycles. The van der Waals surface area contributed by atoms with Crippen molar-refractivity contribution in [1.29, 1.82) is 0 Å². The molecule has 82 heavy (non-hydrogen) atoms. The Balaban J connectivity index is 4.74. The van der Waals surface area contributed by atoms with Crippen LogP contribution in [0, 0.1) is 0 Å². The van der Waals surface area contributed by atoms with Crippen molar-refractivity contribution in [3.8, 4) is 0 Å². The summed E-state index contributed by atoms with van der Waals surface area (Å²) in [6.07, 6.45) is 77.4. The summed E-state index contributed by atoms with van der Waals surface area (Å²) in [6.45, 7) is 4.41. The number of aliphatic hydroxyl groups excluding tert-OH is 1. The van der Waals surface area contributed by atoms with Crippen molar-refractivity contribution in [3.63, 3.8) is 0 Å². The van der Waals surface area contributed by atoms with E-state index in [2.05, 4.69) is 130 Å². The normalized spacial score (nSPS) is 14.0. The molecule has 0 radical (unpaired) electrons. The highest BCUT2D eigenvalue weighted by molar-refractivity contribution is 7.47. The molecule has 0 aromatic heterocycles. The van der Waals surface area contributed by atoms with Crippen LogP contribution in [0.25, 0.3) is 0 Å². The minimum Gasteiger partial charge on any atom is -0.462 e. The highest BCUT2D eigenvalue weighted by atomic mass is 31.2. The Bertz CT molecular complexity index is 1790. The van der Waals surface area contributed by atoms with Crippen molar-refractivity contribution >= 4 is 25.7 Å². The zero-order valence-electron chi connectivity index (χ0n) is 52.2. The molecule has 0 saturated carbocycles. The summed E-state index contributed by atoms with van der Waals surface area (Å²) >= 11 is 0. The van der Waals surface area contributed by atoms with Crippen LogP contribution in [0.3, 0.4) is 0 Å². The predicted molar refractivity (Wildman–Crippen MR) is 343 cm³/mol. The van der Waals surface area contributed by atoms with Crippen LogP contribution in [0.1, 0.15) is 278 Å². The molecule has 0 rings (SSSR count). The molecular formula is C70H119O11P. The second kappa shape index (κ2) is 63.2. The summed E-state index contributed by atoms with van der Waals surface area (Å²) in [6, 6.07) is 0. The molecule has 0 aliphatic heterocycles. The van der Waals surface area contributed by atoms with Crippen molar-refractivity contribution in [1.82, 2.24) is 0 Å². The maximum absolute atomic E-state index is 13.0. The van der Waals surface area contributed by atoms with Gasteiger partial charge in [0.05, 0.1) is 19.8 Å². The molecule has 0 saturated heterocycles. The molecule has 0 amide bonds. The van der Waals surface area contributed by atoms with E-state index in [4.69, 9.17) is 23.3 Å². The molecule has 0 spiro atoms. The minimum absolute atomic E-state index is 0.145. The van der Waals surface area contributed by atoms with Crippen LogP contribution in [0.15, 0.2) is 109 Å². The standard InChI is InChI=1S/C70H119O11P/c1-4-7-10-13-16-19-22-25-28-31-33-36-39-42-45-48-51-54-57-60-69(73)80-66(62-71)64-78-82(75,76)79-65-67(63-77-68(72)59-56-53-50-47-44-41-38-35-30-27-24-21-18-15-12-9-6-3)81-70(74)61-58-55-52-49-46-43-40-37-34-32-29-26-23-20-17-14-11-8-5-2/h7-8,10-11,16-17,19-20,25-30,33-34,36-37,66-67,71H,4-6,9,12-15,18,21-24,31-32,35,38-65H2,1-3H3,(H,75,76)/b10-7-,11-8-,19-16-,20-17-,28-25-,29-26-,30-27-,36-33-,37-34-. The first-order valence-corrected chi connectivity index (χ1v) is 34.3. The summed E-state index contributed by atoms with van der Waals surface area (Å²) in [5, 5.41) is 9.87. The Labute approximate surface area is 501 Å². The van der Waals surface area contributed by atoms with Crippen LogP contribution in [0.4, 0.5) is 0 Å². The number of ether oxygens (including phenoxy) is 3.